The van der Waals surface area contributed by atoms with E-state index in [1.165, 1.54) is 7.11 Å². The molecule has 0 fully saturated rings. The third kappa shape index (κ3) is 3.94. The Morgan fingerprint density at radius 2 is 2.00 bits per heavy atom. The van der Waals surface area contributed by atoms with Crippen molar-refractivity contribution >= 4 is 13.6 Å². The van der Waals surface area contributed by atoms with E-state index in [1.807, 2.05) is 0 Å². The zero-order chi connectivity index (χ0) is 13.6. The number of aromatic nitrogens is 1. The van der Waals surface area contributed by atoms with E-state index in [1.54, 1.807) is 13.8 Å². The van der Waals surface area contributed by atoms with Crippen molar-refractivity contribution in [2.24, 2.45) is 0 Å². The molecule has 1 heterocycles. The van der Waals surface area contributed by atoms with Crippen LogP contribution in [0.2, 0.25) is 0 Å². The molecule has 0 saturated carbocycles. The molecule has 0 N–H and O–H groups in total. The molecule has 0 aromatic carbocycles. The number of methoxy groups -OCH3 is 1. The number of oxazole rings is 1. The Bertz CT molecular complexity index is 433. The molecule has 1 rings (SSSR count). The minimum absolute atomic E-state index is 0.0204. The van der Waals surface area contributed by atoms with Crippen molar-refractivity contribution in [3.63, 3.8) is 0 Å². The van der Waals surface area contributed by atoms with Crippen LogP contribution in [0.3, 0.4) is 0 Å². The molecule has 0 spiro atoms. The van der Waals surface area contributed by atoms with Gasteiger partial charge in [0.05, 0.1) is 20.3 Å². The topological polar surface area (TPSA) is 87.9 Å². The van der Waals surface area contributed by atoms with E-state index in [2.05, 4.69) is 9.72 Å². The first-order valence-electron chi connectivity index (χ1n) is 5.45. The van der Waals surface area contributed by atoms with Crippen LogP contribution < -0.4 is 0 Å². The van der Waals surface area contributed by atoms with Gasteiger partial charge in [-0.05, 0) is 13.8 Å². The Morgan fingerprint density at radius 1 is 1.39 bits per heavy atom. The van der Waals surface area contributed by atoms with Gasteiger partial charge in [-0.1, -0.05) is 0 Å². The highest BCUT2D eigenvalue weighted by Gasteiger charge is 2.27. The smallest absolute Gasteiger partial charge is 0.360 e. The van der Waals surface area contributed by atoms with E-state index >= 15 is 0 Å². The van der Waals surface area contributed by atoms with Crippen LogP contribution in [0.1, 0.15) is 30.2 Å². The van der Waals surface area contributed by atoms with Gasteiger partial charge in [0, 0.05) is 0 Å². The summed E-state index contributed by atoms with van der Waals surface area (Å²) in [7, 11) is -2.04. The van der Waals surface area contributed by atoms with Crippen molar-refractivity contribution < 1.29 is 27.6 Å². The van der Waals surface area contributed by atoms with Gasteiger partial charge in [-0.3, -0.25) is 4.57 Å². The van der Waals surface area contributed by atoms with Crippen LogP contribution in [0.4, 0.5) is 0 Å². The predicted molar refractivity (Wildman–Crippen MR) is 62.4 cm³/mol. The molecule has 0 saturated heterocycles. The summed E-state index contributed by atoms with van der Waals surface area (Å²) < 4.78 is 31.9. The quantitative estimate of drug-likeness (QED) is 0.557. The molecule has 0 radical (unpaired) electrons. The second-order valence-corrected chi connectivity index (χ2v) is 5.28. The van der Waals surface area contributed by atoms with Crippen molar-refractivity contribution in [1.29, 1.82) is 0 Å². The fraction of sp³-hybridized carbons (Fsp3) is 0.600. The highest BCUT2D eigenvalue weighted by Crippen LogP contribution is 2.50. The first kappa shape index (κ1) is 14.9. The van der Waals surface area contributed by atoms with Gasteiger partial charge in [0.25, 0.3) is 0 Å². The van der Waals surface area contributed by atoms with Crippen LogP contribution in [0.25, 0.3) is 0 Å². The van der Waals surface area contributed by atoms with Crippen LogP contribution in [-0.4, -0.2) is 31.3 Å². The molecule has 0 aliphatic carbocycles. The Kier molecular flexibility index (Phi) is 5.53. The normalized spacial score (nSPS) is 11.5. The molecule has 7 nitrogen and oxygen atoms in total. The molecule has 18 heavy (non-hydrogen) atoms. The van der Waals surface area contributed by atoms with E-state index in [0.717, 1.165) is 6.26 Å². The van der Waals surface area contributed by atoms with E-state index in [-0.39, 0.29) is 31.0 Å². The maximum atomic E-state index is 12.2. The maximum Gasteiger partial charge on any atom is 0.360 e. The number of carbonyl (C=O) groups is 1. The van der Waals surface area contributed by atoms with Gasteiger partial charge < -0.3 is 18.2 Å². The summed E-state index contributed by atoms with van der Waals surface area (Å²) in [4.78, 5) is 15.0. The standard InChI is InChI=1S/C10H16NO6P/c1-4-16-18(13,17-5-2)7-9-11-8(6-15-9)10(12)14-3/h6H,4-5,7H2,1-3H3. The second-order valence-electron chi connectivity index (χ2n) is 3.22. The van der Waals surface area contributed by atoms with E-state index in [0.29, 0.717) is 0 Å². The monoisotopic (exact) mass is 277 g/mol. The van der Waals surface area contributed by atoms with Crippen LogP contribution in [0, 0.1) is 0 Å². The lowest BCUT2D eigenvalue weighted by Crippen LogP contribution is -2.03. The van der Waals surface area contributed by atoms with Crippen molar-refractivity contribution in [1.82, 2.24) is 4.98 Å². The highest BCUT2D eigenvalue weighted by atomic mass is 31.2. The summed E-state index contributed by atoms with van der Waals surface area (Å²) in [6.45, 7) is 3.92. The third-order valence-corrected chi connectivity index (χ3v) is 3.89. The zero-order valence-corrected chi connectivity index (χ0v) is 11.4. The number of esters is 1. The molecule has 0 aliphatic heterocycles. The van der Waals surface area contributed by atoms with Gasteiger partial charge in [-0.15, -0.1) is 0 Å². The Labute approximate surface area is 105 Å². The number of hydrogen-bond acceptors (Lipinski definition) is 7. The third-order valence-electron chi connectivity index (χ3n) is 1.93. The van der Waals surface area contributed by atoms with Crippen LogP contribution in [0.5, 0.6) is 0 Å². The number of rotatable bonds is 7. The van der Waals surface area contributed by atoms with Gasteiger partial charge in [-0.2, -0.15) is 0 Å². The zero-order valence-electron chi connectivity index (χ0n) is 10.5. The Hall–Kier alpha value is -1.17. The summed E-state index contributed by atoms with van der Waals surface area (Å²) in [6, 6.07) is 0. The number of ether oxygens (including phenoxy) is 1. The molecule has 102 valence electrons. The van der Waals surface area contributed by atoms with Gasteiger partial charge in [-0.25, -0.2) is 9.78 Å². The van der Waals surface area contributed by atoms with Crippen molar-refractivity contribution in [2.45, 2.75) is 20.0 Å². The van der Waals surface area contributed by atoms with Crippen molar-refractivity contribution in [2.75, 3.05) is 20.3 Å². The predicted octanol–water partition coefficient (Wildman–Crippen LogP) is 2.23. The first-order chi connectivity index (χ1) is 8.54. The average Bonchev–Trinajstić information content (AvgIpc) is 2.76. The average molecular weight is 277 g/mol. The Balaban J connectivity index is 2.78. The lowest BCUT2D eigenvalue weighted by molar-refractivity contribution is 0.0594. The van der Waals surface area contributed by atoms with Crippen LogP contribution >= 0.6 is 7.60 Å². The van der Waals surface area contributed by atoms with Gasteiger partial charge in [0.2, 0.25) is 5.89 Å². The molecule has 8 heteroatoms. The summed E-state index contributed by atoms with van der Waals surface area (Å²) in [6.07, 6.45) is 1.02. The van der Waals surface area contributed by atoms with E-state index in [9.17, 15) is 9.36 Å². The number of nitrogens with zero attached hydrogens (tertiary/aromatic N) is 1. The molecule has 0 bridgehead atoms. The lowest BCUT2D eigenvalue weighted by Gasteiger charge is -2.14. The van der Waals surface area contributed by atoms with Crippen molar-refractivity contribution in [3.05, 3.63) is 17.8 Å². The van der Waals surface area contributed by atoms with E-state index in [4.69, 9.17) is 13.5 Å². The summed E-state index contributed by atoms with van der Waals surface area (Å²) in [5.74, 6) is -0.506. The van der Waals surface area contributed by atoms with Gasteiger partial charge >= 0.3 is 13.6 Å². The second kappa shape index (κ2) is 6.68. The van der Waals surface area contributed by atoms with Crippen molar-refractivity contribution in [3.8, 4) is 0 Å². The summed E-state index contributed by atoms with van der Waals surface area (Å²) >= 11 is 0. The fourth-order valence-electron chi connectivity index (χ4n) is 1.27. The van der Waals surface area contributed by atoms with Gasteiger partial charge in [0.1, 0.15) is 12.4 Å². The molecule has 0 atom stereocenters. The minimum Gasteiger partial charge on any atom is -0.464 e. The van der Waals surface area contributed by atoms with Crippen LogP contribution in [-0.2, 0) is 24.5 Å². The number of hydrogen-bond donors (Lipinski definition) is 0. The first-order valence-corrected chi connectivity index (χ1v) is 7.18. The molecule has 0 aliphatic rings. The Morgan fingerprint density at radius 3 is 2.50 bits per heavy atom. The highest BCUT2D eigenvalue weighted by molar-refractivity contribution is 7.52. The summed E-state index contributed by atoms with van der Waals surface area (Å²) in [5, 5.41) is 0. The fourth-order valence-corrected chi connectivity index (χ4v) is 2.79. The molecule has 0 amide bonds. The number of carbonyl (C=O) groups excluding carboxylic acids is 1. The minimum atomic E-state index is -3.27. The summed E-state index contributed by atoms with van der Waals surface area (Å²) in [5.41, 5.74) is 0.0204. The molecule has 0 unspecified atom stereocenters. The molecule has 1 aromatic heterocycles. The van der Waals surface area contributed by atoms with Crippen LogP contribution in [0.15, 0.2) is 10.7 Å². The molecule has 1 aromatic rings. The SMILES string of the molecule is CCOP(=O)(Cc1nc(C(=O)OC)co1)OCC. The van der Waals surface area contributed by atoms with Gasteiger partial charge in [0.15, 0.2) is 5.69 Å². The largest absolute Gasteiger partial charge is 0.464 e. The van der Waals surface area contributed by atoms with E-state index < -0.39 is 13.6 Å². The molecular formula is C10H16NO6P. The molecular weight excluding hydrogens is 261 g/mol. The lowest BCUT2D eigenvalue weighted by atomic mass is 10.5. The maximum absolute atomic E-state index is 12.2.